The third-order valence-electron chi connectivity index (χ3n) is 4.34. The average Bonchev–Trinajstić information content (AvgIpc) is 2.69. The summed E-state index contributed by atoms with van der Waals surface area (Å²) in [6.45, 7) is 2.11. The summed E-state index contributed by atoms with van der Waals surface area (Å²) in [5.41, 5.74) is 2.03. The lowest BCUT2D eigenvalue weighted by atomic mass is 10.0. The zero-order chi connectivity index (χ0) is 19.4. The minimum Gasteiger partial charge on any atom is -0.494 e. The fourth-order valence-corrected chi connectivity index (χ4v) is 2.78. The van der Waals surface area contributed by atoms with Crippen LogP contribution in [0, 0.1) is 17.5 Å². The van der Waals surface area contributed by atoms with Gasteiger partial charge in [0, 0.05) is 5.56 Å². The zero-order valence-corrected chi connectivity index (χ0v) is 15.1. The SMILES string of the molecule is CCc1ccc(COc2ccc(-c3ccc(OC)c(F)c3F)cc2)cc1F. The molecule has 140 valence electrons. The maximum atomic E-state index is 14.2. The van der Waals surface area contributed by atoms with Crippen LogP contribution >= 0.6 is 0 Å². The van der Waals surface area contributed by atoms with Crippen molar-refractivity contribution in [2.24, 2.45) is 0 Å². The first-order valence-corrected chi connectivity index (χ1v) is 8.56. The Morgan fingerprint density at radius 1 is 0.852 bits per heavy atom. The first kappa shape index (κ1) is 18.8. The van der Waals surface area contributed by atoms with Gasteiger partial charge >= 0.3 is 0 Å². The molecule has 0 spiro atoms. The molecule has 0 bridgehead atoms. The van der Waals surface area contributed by atoms with E-state index in [4.69, 9.17) is 9.47 Å². The zero-order valence-electron chi connectivity index (χ0n) is 15.1. The molecule has 3 aromatic rings. The van der Waals surface area contributed by atoms with E-state index in [1.165, 1.54) is 25.3 Å². The van der Waals surface area contributed by atoms with Crippen LogP contribution in [0.2, 0.25) is 0 Å². The Balaban J connectivity index is 1.72. The molecule has 0 N–H and O–H groups in total. The van der Waals surface area contributed by atoms with Gasteiger partial charge in [-0.25, -0.2) is 8.78 Å². The Bertz CT molecular complexity index is 937. The van der Waals surface area contributed by atoms with Crippen LogP contribution in [0.5, 0.6) is 11.5 Å². The fraction of sp³-hybridized carbons (Fsp3) is 0.182. The maximum Gasteiger partial charge on any atom is 0.201 e. The molecule has 5 heteroatoms. The van der Waals surface area contributed by atoms with Gasteiger partial charge < -0.3 is 9.47 Å². The minimum absolute atomic E-state index is 0.136. The summed E-state index contributed by atoms with van der Waals surface area (Å²) in [6, 6.07) is 14.5. The highest BCUT2D eigenvalue weighted by Gasteiger charge is 2.15. The molecule has 0 saturated carbocycles. The summed E-state index contributed by atoms with van der Waals surface area (Å²) in [6.07, 6.45) is 0.636. The van der Waals surface area contributed by atoms with E-state index in [0.717, 1.165) is 5.56 Å². The number of hydrogen-bond acceptors (Lipinski definition) is 2. The molecule has 0 aliphatic heterocycles. The van der Waals surface area contributed by atoms with Crippen molar-refractivity contribution in [3.63, 3.8) is 0 Å². The number of aryl methyl sites for hydroxylation is 1. The Morgan fingerprint density at radius 2 is 1.59 bits per heavy atom. The Hall–Kier alpha value is -2.95. The van der Waals surface area contributed by atoms with E-state index in [2.05, 4.69) is 0 Å². The molecule has 0 radical (unpaired) electrons. The Kier molecular flexibility index (Phi) is 5.69. The predicted octanol–water partition coefficient (Wildman–Crippen LogP) is 5.92. The van der Waals surface area contributed by atoms with Gasteiger partial charge in [-0.15, -0.1) is 0 Å². The molecule has 0 heterocycles. The van der Waals surface area contributed by atoms with Crippen molar-refractivity contribution in [1.82, 2.24) is 0 Å². The molecule has 0 saturated heterocycles. The van der Waals surface area contributed by atoms with Gasteiger partial charge in [0.2, 0.25) is 5.82 Å². The summed E-state index contributed by atoms with van der Waals surface area (Å²) >= 11 is 0. The lowest BCUT2D eigenvalue weighted by Crippen LogP contribution is -1.98. The van der Waals surface area contributed by atoms with Crippen LogP contribution in [0.15, 0.2) is 54.6 Å². The van der Waals surface area contributed by atoms with Crippen molar-refractivity contribution in [3.8, 4) is 22.6 Å². The lowest BCUT2D eigenvalue weighted by molar-refractivity contribution is 0.305. The number of rotatable bonds is 6. The van der Waals surface area contributed by atoms with Gasteiger partial charge in [0.1, 0.15) is 18.2 Å². The minimum atomic E-state index is -1.02. The van der Waals surface area contributed by atoms with Crippen LogP contribution in [0.25, 0.3) is 11.1 Å². The van der Waals surface area contributed by atoms with Gasteiger partial charge in [-0.05, 0) is 53.4 Å². The molecule has 0 atom stereocenters. The highest BCUT2D eigenvalue weighted by Crippen LogP contribution is 2.30. The molecule has 27 heavy (non-hydrogen) atoms. The van der Waals surface area contributed by atoms with Crippen molar-refractivity contribution in [3.05, 3.63) is 83.2 Å². The molecule has 0 aliphatic carbocycles. The van der Waals surface area contributed by atoms with Gasteiger partial charge in [-0.2, -0.15) is 4.39 Å². The molecular weight excluding hydrogens is 353 g/mol. The van der Waals surface area contributed by atoms with Crippen LogP contribution in [0.1, 0.15) is 18.1 Å². The smallest absolute Gasteiger partial charge is 0.201 e. The van der Waals surface area contributed by atoms with E-state index in [0.29, 0.717) is 23.3 Å². The van der Waals surface area contributed by atoms with Crippen LogP contribution in [0.4, 0.5) is 13.2 Å². The standard InChI is InChI=1S/C22H19F3O2/c1-3-15-5-4-14(12-19(15)23)13-27-17-8-6-16(7-9-17)18-10-11-20(26-2)22(25)21(18)24/h4-12H,3,13H2,1-2H3. The molecule has 2 nitrogen and oxygen atoms in total. The lowest BCUT2D eigenvalue weighted by Gasteiger charge is -2.10. The number of methoxy groups -OCH3 is 1. The van der Waals surface area contributed by atoms with Crippen molar-refractivity contribution in [2.45, 2.75) is 20.0 Å². The van der Waals surface area contributed by atoms with Crippen molar-refractivity contribution in [2.75, 3.05) is 7.11 Å². The third kappa shape index (κ3) is 4.08. The highest BCUT2D eigenvalue weighted by atomic mass is 19.2. The second-order valence-electron chi connectivity index (χ2n) is 6.04. The summed E-state index contributed by atoms with van der Waals surface area (Å²) in [5.74, 6) is -1.82. The number of benzene rings is 3. The first-order valence-electron chi connectivity index (χ1n) is 8.56. The van der Waals surface area contributed by atoms with E-state index in [-0.39, 0.29) is 23.7 Å². The summed E-state index contributed by atoms with van der Waals surface area (Å²) in [7, 11) is 1.28. The molecule has 0 fully saturated rings. The molecular formula is C22H19F3O2. The average molecular weight is 372 g/mol. The molecule has 0 aromatic heterocycles. The predicted molar refractivity (Wildman–Crippen MR) is 98.5 cm³/mol. The molecule has 0 unspecified atom stereocenters. The van der Waals surface area contributed by atoms with Gasteiger partial charge in [0.15, 0.2) is 11.6 Å². The number of ether oxygens (including phenoxy) is 2. The topological polar surface area (TPSA) is 18.5 Å². The summed E-state index contributed by atoms with van der Waals surface area (Å²) in [5, 5.41) is 0. The highest BCUT2D eigenvalue weighted by molar-refractivity contribution is 5.66. The fourth-order valence-electron chi connectivity index (χ4n) is 2.78. The van der Waals surface area contributed by atoms with Crippen LogP contribution in [0.3, 0.4) is 0 Å². The summed E-state index contributed by atoms with van der Waals surface area (Å²) < 4.78 is 52.3. The number of halogens is 3. The van der Waals surface area contributed by atoms with Crippen molar-refractivity contribution in [1.29, 1.82) is 0 Å². The largest absolute Gasteiger partial charge is 0.494 e. The maximum absolute atomic E-state index is 14.2. The second-order valence-corrected chi connectivity index (χ2v) is 6.04. The Labute approximate surface area is 156 Å². The van der Waals surface area contributed by atoms with Crippen molar-refractivity contribution >= 4 is 0 Å². The van der Waals surface area contributed by atoms with E-state index in [1.807, 2.05) is 13.0 Å². The van der Waals surface area contributed by atoms with Crippen LogP contribution in [-0.4, -0.2) is 7.11 Å². The van der Waals surface area contributed by atoms with Gasteiger partial charge in [0.05, 0.1) is 7.11 Å². The van der Waals surface area contributed by atoms with Crippen LogP contribution in [-0.2, 0) is 13.0 Å². The monoisotopic (exact) mass is 372 g/mol. The van der Waals surface area contributed by atoms with Gasteiger partial charge in [-0.3, -0.25) is 0 Å². The summed E-state index contributed by atoms with van der Waals surface area (Å²) in [4.78, 5) is 0. The third-order valence-corrected chi connectivity index (χ3v) is 4.34. The molecule has 0 aliphatic rings. The molecule has 0 amide bonds. The number of hydrogen-bond donors (Lipinski definition) is 0. The van der Waals surface area contributed by atoms with E-state index < -0.39 is 11.6 Å². The van der Waals surface area contributed by atoms with E-state index in [1.54, 1.807) is 30.3 Å². The van der Waals surface area contributed by atoms with Gasteiger partial charge in [0.25, 0.3) is 0 Å². The second kappa shape index (κ2) is 8.16. The van der Waals surface area contributed by atoms with Crippen molar-refractivity contribution < 1.29 is 22.6 Å². The quantitative estimate of drug-likeness (QED) is 0.535. The molecule has 3 rings (SSSR count). The van der Waals surface area contributed by atoms with E-state index >= 15 is 0 Å². The van der Waals surface area contributed by atoms with E-state index in [9.17, 15) is 13.2 Å². The van der Waals surface area contributed by atoms with Gasteiger partial charge in [-0.1, -0.05) is 31.2 Å². The van der Waals surface area contributed by atoms with Crippen LogP contribution < -0.4 is 9.47 Å². The Morgan fingerprint density at radius 3 is 2.22 bits per heavy atom. The normalized spacial score (nSPS) is 10.7. The molecule has 3 aromatic carbocycles. The first-order chi connectivity index (χ1) is 13.0.